The topological polar surface area (TPSA) is 9.23 Å². The second-order valence-corrected chi connectivity index (χ2v) is 17.8. The van der Waals surface area contributed by atoms with Crippen molar-refractivity contribution in [2.75, 3.05) is 13.7 Å². The fraction of sp³-hybridized carbons (Fsp3) is 1.00. The van der Waals surface area contributed by atoms with Crippen LogP contribution in [0.15, 0.2) is 0 Å². The Kier molecular flexibility index (Phi) is 24.7. The highest BCUT2D eigenvalue weighted by Crippen LogP contribution is 2.37. The van der Waals surface area contributed by atoms with Gasteiger partial charge in [0.2, 0.25) is 0 Å². The van der Waals surface area contributed by atoms with Gasteiger partial charge in [-0.05, 0) is 64.6 Å². The highest BCUT2D eigenvalue weighted by atomic mass is 16.5. The lowest BCUT2D eigenvalue weighted by Gasteiger charge is -2.33. The smallest absolute Gasteiger partial charge is 0.0467 e. The van der Waals surface area contributed by atoms with Gasteiger partial charge in [0.15, 0.2) is 0 Å². The van der Waals surface area contributed by atoms with Gasteiger partial charge in [-0.1, -0.05) is 157 Å². The SMILES string of the molecule is CC(C)(C)C.CC(C)(C)C1CCCCC1.CC(C)C(C)(C)C.CCCC(C)(C)C.COCCC(C)(C)C. The summed E-state index contributed by atoms with van der Waals surface area (Å²) in [7, 11) is 1.74. The Balaban J connectivity index is -0.000000188. The molecule has 1 saturated carbocycles. The summed E-state index contributed by atoms with van der Waals surface area (Å²) in [5.41, 5.74) is 2.55. The van der Waals surface area contributed by atoms with E-state index in [0.29, 0.717) is 27.1 Å². The molecule has 0 aliphatic heterocycles. The van der Waals surface area contributed by atoms with Crippen LogP contribution in [0.4, 0.5) is 0 Å². The highest BCUT2D eigenvalue weighted by Gasteiger charge is 2.25. The van der Waals surface area contributed by atoms with Crippen LogP contribution < -0.4 is 0 Å². The fourth-order valence-corrected chi connectivity index (χ4v) is 3.13. The third-order valence-electron chi connectivity index (χ3n) is 6.62. The monoisotopic (exact) mass is 529 g/mol. The summed E-state index contributed by atoms with van der Waals surface area (Å²) < 4.78 is 4.92. The molecule has 0 spiro atoms. The van der Waals surface area contributed by atoms with Gasteiger partial charge < -0.3 is 4.74 Å². The summed E-state index contributed by atoms with van der Waals surface area (Å²) in [6.07, 6.45) is 11.2. The molecule has 0 aromatic carbocycles. The molecule has 0 radical (unpaired) electrons. The van der Waals surface area contributed by atoms with E-state index >= 15 is 0 Å². The lowest BCUT2D eigenvalue weighted by atomic mass is 9.72. The number of ether oxygens (including phenoxy) is 1. The Hall–Kier alpha value is -0.0400. The molecule has 1 aliphatic carbocycles. The molecule has 0 saturated heterocycles. The van der Waals surface area contributed by atoms with Gasteiger partial charge in [0, 0.05) is 13.7 Å². The number of hydrogen-bond acceptors (Lipinski definition) is 1. The average molecular weight is 529 g/mol. The summed E-state index contributed by atoms with van der Waals surface area (Å²) in [4.78, 5) is 0. The Morgan fingerprint density at radius 3 is 1.05 bits per heavy atom. The van der Waals surface area contributed by atoms with Gasteiger partial charge in [0.25, 0.3) is 0 Å². The molecule has 0 aromatic heterocycles. The normalized spacial score (nSPS) is 15.2. The molecule has 0 aromatic rings. The first kappa shape index (κ1) is 44.0. The van der Waals surface area contributed by atoms with Crippen LogP contribution in [-0.4, -0.2) is 13.7 Å². The van der Waals surface area contributed by atoms with E-state index in [-0.39, 0.29) is 0 Å². The van der Waals surface area contributed by atoms with Crippen molar-refractivity contribution in [3.63, 3.8) is 0 Å². The van der Waals surface area contributed by atoms with Crippen LogP contribution in [0.2, 0.25) is 0 Å². The van der Waals surface area contributed by atoms with Gasteiger partial charge in [0.1, 0.15) is 0 Å². The minimum atomic E-state index is 0.427. The van der Waals surface area contributed by atoms with Crippen molar-refractivity contribution in [1.82, 2.24) is 0 Å². The van der Waals surface area contributed by atoms with Crippen LogP contribution in [0.3, 0.4) is 0 Å². The molecule has 0 amide bonds. The number of hydrogen-bond donors (Lipinski definition) is 0. The van der Waals surface area contributed by atoms with Gasteiger partial charge in [-0.15, -0.1) is 0 Å². The van der Waals surface area contributed by atoms with E-state index in [1.54, 1.807) is 7.11 Å². The van der Waals surface area contributed by atoms with Crippen molar-refractivity contribution in [3.8, 4) is 0 Å². The maximum absolute atomic E-state index is 4.92. The third kappa shape index (κ3) is 49.4. The van der Waals surface area contributed by atoms with Gasteiger partial charge in [-0.3, -0.25) is 0 Å². The number of methoxy groups -OCH3 is 1. The van der Waals surface area contributed by atoms with Gasteiger partial charge in [0.05, 0.1) is 0 Å². The molecule has 1 aliphatic rings. The number of rotatable bonds is 3. The van der Waals surface area contributed by atoms with Crippen molar-refractivity contribution < 1.29 is 4.74 Å². The van der Waals surface area contributed by atoms with E-state index in [2.05, 4.69) is 132 Å². The Morgan fingerprint density at radius 2 is 0.946 bits per heavy atom. The van der Waals surface area contributed by atoms with E-state index in [4.69, 9.17) is 4.74 Å². The highest BCUT2D eigenvalue weighted by molar-refractivity contribution is 4.76. The first-order valence-electron chi connectivity index (χ1n) is 15.7. The molecule has 37 heavy (non-hydrogen) atoms. The maximum Gasteiger partial charge on any atom is 0.0467 e. The summed E-state index contributed by atoms with van der Waals surface area (Å²) in [5.74, 6) is 1.80. The molecule has 1 rings (SSSR count). The van der Waals surface area contributed by atoms with Crippen LogP contribution in [0.25, 0.3) is 0 Å². The lowest BCUT2D eigenvalue weighted by Crippen LogP contribution is -2.22. The molecule has 1 heteroatoms. The standard InChI is InChI=1S/C10H20.C7H16O.2C7H16.C5H12/c1-10(2,3)9-7-5-4-6-8-9;1-7(2,3)5-6-8-4;1-6(2)7(3,4)5;1-5-6-7(2,3)4;1-5(2,3)4/h9H,4-8H2,1-3H3;5-6H2,1-4H3;6H,1-5H3;5-6H2,1-4H3;1-4H3. The maximum atomic E-state index is 4.92. The predicted octanol–water partition coefficient (Wildman–Crippen LogP) is 13.3. The summed E-state index contributed by atoms with van der Waals surface area (Å²) >= 11 is 0. The van der Waals surface area contributed by atoms with Crippen molar-refractivity contribution in [2.24, 2.45) is 38.9 Å². The van der Waals surface area contributed by atoms with Crippen molar-refractivity contribution >= 4 is 0 Å². The van der Waals surface area contributed by atoms with E-state index in [1.165, 1.54) is 44.9 Å². The molecule has 230 valence electrons. The Morgan fingerprint density at radius 1 is 0.622 bits per heavy atom. The molecule has 0 N–H and O–H groups in total. The fourth-order valence-electron chi connectivity index (χ4n) is 3.13. The molecule has 0 bridgehead atoms. The van der Waals surface area contributed by atoms with Gasteiger partial charge >= 0.3 is 0 Å². The Bertz CT molecular complexity index is 453. The van der Waals surface area contributed by atoms with E-state index in [9.17, 15) is 0 Å². The van der Waals surface area contributed by atoms with Crippen LogP contribution in [-0.2, 0) is 4.74 Å². The van der Waals surface area contributed by atoms with Gasteiger partial charge in [-0.2, -0.15) is 0 Å². The zero-order chi connectivity index (χ0) is 30.7. The first-order valence-corrected chi connectivity index (χ1v) is 15.7. The largest absolute Gasteiger partial charge is 0.385 e. The van der Waals surface area contributed by atoms with E-state index in [0.717, 1.165) is 24.9 Å². The van der Waals surface area contributed by atoms with Crippen LogP contribution in [0.5, 0.6) is 0 Å². The average Bonchev–Trinajstić information content (AvgIpc) is 2.64. The second kappa shape index (κ2) is 20.8. The predicted molar refractivity (Wildman–Crippen MR) is 176 cm³/mol. The minimum Gasteiger partial charge on any atom is -0.385 e. The molecule has 1 nitrogen and oxygen atoms in total. The van der Waals surface area contributed by atoms with Crippen molar-refractivity contribution in [3.05, 3.63) is 0 Å². The van der Waals surface area contributed by atoms with Crippen molar-refractivity contribution in [2.45, 2.75) is 183 Å². The quantitative estimate of drug-likeness (QED) is 0.354. The summed E-state index contributed by atoms with van der Waals surface area (Å²) in [5, 5.41) is 0. The molecular weight excluding hydrogens is 448 g/mol. The van der Waals surface area contributed by atoms with E-state index < -0.39 is 0 Å². The van der Waals surface area contributed by atoms with Crippen molar-refractivity contribution in [1.29, 1.82) is 0 Å². The molecule has 0 unspecified atom stereocenters. The third-order valence-corrected chi connectivity index (χ3v) is 6.62. The first-order chi connectivity index (χ1) is 16.2. The van der Waals surface area contributed by atoms with Crippen LogP contribution in [0.1, 0.15) is 183 Å². The summed E-state index contributed by atoms with van der Waals surface area (Å²) in [6.45, 7) is 43.7. The van der Waals surface area contributed by atoms with Crippen LogP contribution in [0, 0.1) is 38.9 Å². The van der Waals surface area contributed by atoms with Crippen LogP contribution >= 0.6 is 0 Å². The molecule has 0 heterocycles. The second-order valence-electron chi connectivity index (χ2n) is 17.8. The Labute approximate surface area is 240 Å². The zero-order valence-corrected chi connectivity index (χ0v) is 30.4. The molecular formula is C36H80O. The molecule has 0 atom stereocenters. The minimum absolute atomic E-state index is 0.427. The lowest BCUT2D eigenvalue weighted by molar-refractivity contribution is 0.159. The molecule has 1 fully saturated rings. The van der Waals surface area contributed by atoms with Gasteiger partial charge in [-0.25, -0.2) is 0 Å². The summed E-state index contributed by atoms with van der Waals surface area (Å²) in [6, 6.07) is 0. The van der Waals surface area contributed by atoms with E-state index in [1.807, 2.05) is 0 Å². The zero-order valence-electron chi connectivity index (χ0n) is 30.4.